The van der Waals surface area contributed by atoms with E-state index >= 15 is 0 Å². The van der Waals surface area contributed by atoms with Gasteiger partial charge in [-0.05, 0) is 44.0 Å². The molecule has 1 atom stereocenters. The predicted molar refractivity (Wildman–Crippen MR) is 86.3 cm³/mol. The molecule has 0 saturated carbocycles. The van der Waals surface area contributed by atoms with E-state index in [0.29, 0.717) is 17.0 Å². The van der Waals surface area contributed by atoms with Crippen LogP contribution in [-0.2, 0) is 0 Å². The van der Waals surface area contributed by atoms with Gasteiger partial charge < -0.3 is 15.1 Å². The molecule has 1 heterocycles. The number of fused-ring (bicyclic) bond motifs is 1. The lowest BCUT2D eigenvalue weighted by Gasteiger charge is -2.27. The van der Waals surface area contributed by atoms with E-state index in [1.165, 1.54) is 0 Å². The third kappa shape index (κ3) is 3.38. The van der Waals surface area contributed by atoms with Crippen LogP contribution in [-0.4, -0.2) is 23.4 Å². The molecule has 4 heteroatoms. The Bertz CT molecular complexity index is 618. The fraction of sp³-hybridized carbons (Fsp3) is 0.471. The van der Waals surface area contributed by atoms with Gasteiger partial charge in [-0.2, -0.15) is 0 Å². The topological polar surface area (TPSA) is 59.5 Å². The van der Waals surface area contributed by atoms with Crippen LogP contribution >= 0.6 is 0 Å². The molecule has 2 aromatic rings. The van der Waals surface area contributed by atoms with Crippen molar-refractivity contribution in [2.75, 3.05) is 12.3 Å². The quantitative estimate of drug-likeness (QED) is 0.815. The van der Waals surface area contributed by atoms with Crippen LogP contribution in [0.25, 0.3) is 11.0 Å². The summed E-state index contributed by atoms with van der Waals surface area (Å²) >= 11 is 0. The van der Waals surface area contributed by atoms with E-state index in [9.17, 15) is 4.79 Å². The number of amides is 1. The van der Waals surface area contributed by atoms with Gasteiger partial charge in [0.2, 0.25) is 0 Å². The first kappa shape index (κ1) is 15.4. The normalized spacial score (nSPS) is 12.5. The first-order chi connectivity index (χ1) is 10.1. The molecule has 0 radical (unpaired) electrons. The van der Waals surface area contributed by atoms with Crippen molar-refractivity contribution in [2.24, 2.45) is 0 Å². The van der Waals surface area contributed by atoms with E-state index in [1.54, 1.807) is 18.2 Å². The van der Waals surface area contributed by atoms with E-state index in [0.717, 1.165) is 31.2 Å². The minimum absolute atomic E-state index is 0.0347. The highest BCUT2D eigenvalue weighted by Crippen LogP contribution is 2.23. The summed E-state index contributed by atoms with van der Waals surface area (Å²) in [5.41, 5.74) is 7.14. The molecule has 0 saturated heterocycles. The second kappa shape index (κ2) is 6.66. The van der Waals surface area contributed by atoms with Crippen LogP contribution in [0, 0.1) is 0 Å². The van der Waals surface area contributed by atoms with Crippen LogP contribution in [0.3, 0.4) is 0 Å². The van der Waals surface area contributed by atoms with Crippen LogP contribution in [0.5, 0.6) is 0 Å². The highest BCUT2D eigenvalue weighted by atomic mass is 16.3. The minimum Gasteiger partial charge on any atom is -0.451 e. The van der Waals surface area contributed by atoms with Crippen LogP contribution < -0.4 is 5.73 Å². The van der Waals surface area contributed by atoms with E-state index in [1.807, 2.05) is 11.0 Å². The second-order valence-corrected chi connectivity index (χ2v) is 5.52. The lowest BCUT2D eigenvalue weighted by molar-refractivity contribution is 0.0655. The van der Waals surface area contributed by atoms with Crippen LogP contribution in [0.4, 0.5) is 5.69 Å². The molecule has 21 heavy (non-hydrogen) atoms. The summed E-state index contributed by atoms with van der Waals surface area (Å²) in [6.45, 7) is 7.07. The number of unbranched alkanes of at least 4 members (excludes halogenated alkanes) is 1. The van der Waals surface area contributed by atoms with Gasteiger partial charge in [0.1, 0.15) is 5.58 Å². The smallest absolute Gasteiger partial charge is 0.289 e. The van der Waals surface area contributed by atoms with Crippen molar-refractivity contribution >= 4 is 22.6 Å². The Morgan fingerprint density at radius 3 is 2.76 bits per heavy atom. The standard InChI is InChI=1S/C17H24N2O2/c1-4-6-9-19(12(3)5-2)17(20)16-11-13-10-14(18)7-8-15(13)21-16/h7-8,10-12H,4-6,9,18H2,1-3H3. The first-order valence-electron chi connectivity index (χ1n) is 7.66. The van der Waals surface area contributed by atoms with Gasteiger partial charge in [0.15, 0.2) is 5.76 Å². The number of carbonyl (C=O) groups is 1. The molecule has 2 N–H and O–H groups in total. The molecule has 0 spiro atoms. The molecule has 0 aliphatic carbocycles. The molecule has 114 valence electrons. The fourth-order valence-electron chi connectivity index (χ4n) is 2.38. The number of anilines is 1. The summed E-state index contributed by atoms with van der Waals surface area (Å²) < 4.78 is 5.69. The maximum atomic E-state index is 12.7. The summed E-state index contributed by atoms with van der Waals surface area (Å²) in [5.74, 6) is 0.361. The van der Waals surface area contributed by atoms with E-state index in [4.69, 9.17) is 10.2 Å². The van der Waals surface area contributed by atoms with E-state index in [2.05, 4.69) is 20.8 Å². The van der Waals surface area contributed by atoms with Crippen molar-refractivity contribution in [3.05, 3.63) is 30.0 Å². The Hall–Kier alpha value is -1.97. The van der Waals surface area contributed by atoms with Crippen molar-refractivity contribution < 1.29 is 9.21 Å². The Kier molecular flexibility index (Phi) is 4.89. The van der Waals surface area contributed by atoms with Gasteiger partial charge in [0.25, 0.3) is 5.91 Å². The fourth-order valence-corrected chi connectivity index (χ4v) is 2.38. The summed E-state index contributed by atoms with van der Waals surface area (Å²) in [5, 5.41) is 0.873. The number of nitrogens with two attached hydrogens (primary N) is 1. The number of hydrogen-bond acceptors (Lipinski definition) is 3. The van der Waals surface area contributed by atoms with Crippen LogP contribution in [0.2, 0.25) is 0 Å². The Balaban J connectivity index is 2.28. The minimum atomic E-state index is -0.0347. The summed E-state index contributed by atoms with van der Waals surface area (Å²) in [7, 11) is 0. The molecule has 0 bridgehead atoms. The number of nitrogen functional groups attached to an aromatic ring is 1. The Labute approximate surface area is 125 Å². The molecule has 1 aromatic carbocycles. The van der Waals surface area contributed by atoms with Crippen LogP contribution in [0.1, 0.15) is 50.6 Å². The molecule has 1 unspecified atom stereocenters. The number of benzene rings is 1. The number of rotatable bonds is 6. The average molecular weight is 288 g/mol. The summed E-state index contributed by atoms with van der Waals surface area (Å²) in [4.78, 5) is 14.6. The molecule has 1 aromatic heterocycles. The molecule has 0 aliphatic rings. The molecular weight excluding hydrogens is 264 g/mol. The van der Waals surface area contributed by atoms with Crippen LogP contribution in [0.15, 0.2) is 28.7 Å². The zero-order valence-electron chi connectivity index (χ0n) is 13.1. The van der Waals surface area contributed by atoms with Gasteiger partial charge in [-0.15, -0.1) is 0 Å². The van der Waals surface area contributed by atoms with Crippen molar-refractivity contribution in [3.8, 4) is 0 Å². The van der Waals surface area contributed by atoms with Gasteiger partial charge in [-0.1, -0.05) is 20.3 Å². The highest BCUT2D eigenvalue weighted by Gasteiger charge is 2.23. The van der Waals surface area contributed by atoms with Gasteiger partial charge in [0, 0.05) is 23.7 Å². The molecule has 1 amide bonds. The van der Waals surface area contributed by atoms with Crippen molar-refractivity contribution in [3.63, 3.8) is 0 Å². The van der Waals surface area contributed by atoms with E-state index < -0.39 is 0 Å². The summed E-state index contributed by atoms with van der Waals surface area (Å²) in [6.07, 6.45) is 3.00. The zero-order chi connectivity index (χ0) is 15.4. The summed E-state index contributed by atoms with van der Waals surface area (Å²) in [6, 6.07) is 7.41. The Morgan fingerprint density at radius 2 is 2.10 bits per heavy atom. The molecule has 4 nitrogen and oxygen atoms in total. The lowest BCUT2D eigenvalue weighted by Crippen LogP contribution is -2.38. The number of nitrogens with zero attached hydrogens (tertiary/aromatic N) is 1. The third-order valence-electron chi connectivity index (χ3n) is 3.89. The lowest BCUT2D eigenvalue weighted by atomic mass is 10.1. The first-order valence-corrected chi connectivity index (χ1v) is 7.66. The van der Waals surface area contributed by atoms with Gasteiger partial charge >= 0.3 is 0 Å². The largest absolute Gasteiger partial charge is 0.451 e. The van der Waals surface area contributed by atoms with Crippen molar-refractivity contribution in [1.82, 2.24) is 4.90 Å². The third-order valence-corrected chi connectivity index (χ3v) is 3.89. The van der Waals surface area contributed by atoms with Gasteiger partial charge in [0.05, 0.1) is 0 Å². The number of furan rings is 1. The number of carbonyl (C=O) groups excluding carboxylic acids is 1. The van der Waals surface area contributed by atoms with Gasteiger partial charge in [-0.25, -0.2) is 0 Å². The zero-order valence-corrected chi connectivity index (χ0v) is 13.1. The van der Waals surface area contributed by atoms with E-state index in [-0.39, 0.29) is 11.9 Å². The van der Waals surface area contributed by atoms with Crippen molar-refractivity contribution in [2.45, 2.75) is 46.1 Å². The molecular formula is C17H24N2O2. The maximum absolute atomic E-state index is 12.7. The highest BCUT2D eigenvalue weighted by molar-refractivity contribution is 5.96. The molecule has 0 fully saturated rings. The Morgan fingerprint density at radius 1 is 1.33 bits per heavy atom. The molecule has 0 aliphatic heterocycles. The predicted octanol–water partition coefficient (Wildman–Crippen LogP) is 4.06. The van der Waals surface area contributed by atoms with Gasteiger partial charge in [-0.3, -0.25) is 4.79 Å². The second-order valence-electron chi connectivity index (χ2n) is 5.52. The SMILES string of the molecule is CCCCN(C(=O)c1cc2cc(N)ccc2o1)C(C)CC. The van der Waals surface area contributed by atoms with Crippen molar-refractivity contribution in [1.29, 1.82) is 0 Å². The molecule has 2 rings (SSSR count). The monoisotopic (exact) mass is 288 g/mol. The maximum Gasteiger partial charge on any atom is 0.289 e. The number of hydrogen-bond donors (Lipinski definition) is 1. The average Bonchev–Trinajstić information content (AvgIpc) is 2.89.